The summed E-state index contributed by atoms with van der Waals surface area (Å²) in [6.07, 6.45) is 2.29. The lowest BCUT2D eigenvalue weighted by Gasteiger charge is -2.24. The Bertz CT molecular complexity index is 1260. The minimum absolute atomic E-state index is 0. The second-order valence-electron chi connectivity index (χ2n) is 7.71. The Hall–Kier alpha value is -3.52. The predicted octanol–water partition coefficient (Wildman–Crippen LogP) is 5.98. The Kier molecular flexibility index (Phi) is 10.3. The number of benzene rings is 3. The van der Waals surface area contributed by atoms with Gasteiger partial charge in [-0.25, -0.2) is 8.78 Å². The zero-order valence-corrected chi connectivity index (χ0v) is 20.9. The summed E-state index contributed by atoms with van der Waals surface area (Å²) in [6, 6.07) is 22.0. The summed E-state index contributed by atoms with van der Waals surface area (Å²) in [5.41, 5.74) is 8.34. The number of nitrogens with one attached hydrogen (secondary N) is 1. The maximum atomic E-state index is 14.9. The summed E-state index contributed by atoms with van der Waals surface area (Å²) in [5, 5.41) is 2.68. The molecule has 3 aromatic carbocycles. The first-order valence-corrected chi connectivity index (χ1v) is 10.6. The Morgan fingerprint density at radius 3 is 2.00 bits per heavy atom. The van der Waals surface area contributed by atoms with Crippen LogP contribution >= 0.6 is 24.8 Å². The molecule has 0 aliphatic heterocycles. The number of anilines is 1. The highest BCUT2D eigenvalue weighted by molar-refractivity contribution is 5.96. The van der Waals surface area contributed by atoms with Crippen LogP contribution in [0.1, 0.15) is 17.0 Å². The SMILES string of the molecule is COc1cncc(F)c1-c1ccc(NC(=O)[C@@H](N)C(c2ccccc2)c2ccccc2)cc1F.Cl.Cl. The number of hydrogen-bond acceptors (Lipinski definition) is 4. The summed E-state index contributed by atoms with van der Waals surface area (Å²) in [4.78, 5) is 16.8. The molecule has 4 rings (SSSR count). The molecule has 188 valence electrons. The third-order valence-electron chi connectivity index (χ3n) is 5.57. The summed E-state index contributed by atoms with van der Waals surface area (Å²) in [5.74, 6) is -2.21. The number of pyridine rings is 1. The van der Waals surface area contributed by atoms with E-state index in [9.17, 15) is 13.6 Å². The van der Waals surface area contributed by atoms with Crippen LogP contribution in [0.15, 0.2) is 91.3 Å². The van der Waals surface area contributed by atoms with Gasteiger partial charge in [0, 0.05) is 17.2 Å². The molecular formula is C27H25Cl2F2N3O2. The van der Waals surface area contributed by atoms with Gasteiger partial charge in [0.15, 0.2) is 5.82 Å². The second-order valence-corrected chi connectivity index (χ2v) is 7.71. The van der Waals surface area contributed by atoms with E-state index in [0.29, 0.717) is 0 Å². The van der Waals surface area contributed by atoms with E-state index in [1.54, 1.807) is 0 Å². The molecule has 3 N–H and O–H groups in total. The van der Waals surface area contributed by atoms with Crippen molar-refractivity contribution in [3.63, 3.8) is 0 Å². The Balaban J connectivity index is 0.00000228. The van der Waals surface area contributed by atoms with Gasteiger partial charge in [-0.1, -0.05) is 60.7 Å². The molecule has 1 amide bonds. The molecule has 0 bridgehead atoms. The van der Waals surface area contributed by atoms with Gasteiger partial charge in [0.25, 0.3) is 0 Å². The van der Waals surface area contributed by atoms with E-state index in [0.717, 1.165) is 23.4 Å². The van der Waals surface area contributed by atoms with Crippen LogP contribution in [0.4, 0.5) is 14.5 Å². The second kappa shape index (κ2) is 13.0. The van der Waals surface area contributed by atoms with E-state index in [-0.39, 0.29) is 47.4 Å². The first-order valence-electron chi connectivity index (χ1n) is 10.6. The first kappa shape index (κ1) is 28.7. The molecule has 0 saturated carbocycles. The topological polar surface area (TPSA) is 77.2 Å². The average Bonchev–Trinajstić information content (AvgIpc) is 2.86. The Morgan fingerprint density at radius 1 is 0.889 bits per heavy atom. The molecule has 0 spiro atoms. The molecule has 0 unspecified atom stereocenters. The van der Waals surface area contributed by atoms with Gasteiger partial charge in [-0.2, -0.15) is 0 Å². The highest BCUT2D eigenvalue weighted by Gasteiger charge is 2.28. The highest BCUT2D eigenvalue weighted by atomic mass is 35.5. The molecule has 0 aliphatic rings. The maximum Gasteiger partial charge on any atom is 0.242 e. The molecule has 0 saturated heterocycles. The van der Waals surface area contributed by atoms with Gasteiger partial charge in [-0.05, 0) is 29.3 Å². The number of nitrogens with zero attached hydrogens (tertiary/aromatic N) is 1. The fraction of sp³-hybridized carbons (Fsp3) is 0.111. The third-order valence-corrected chi connectivity index (χ3v) is 5.57. The monoisotopic (exact) mass is 531 g/mol. The minimum Gasteiger partial charge on any atom is -0.494 e. The fourth-order valence-electron chi connectivity index (χ4n) is 3.93. The quantitative estimate of drug-likeness (QED) is 0.307. The number of carbonyl (C=O) groups excluding carboxylic acids is 1. The number of nitrogens with two attached hydrogens (primary N) is 1. The van der Waals surface area contributed by atoms with Gasteiger partial charge < -0.3 is 15.8 Å². The van der Waals surface area contributed by atoms with Crippen molar-refractivity contribution in [1.82, 2.24) is 4.98 Å². The van der Waals surface area contributed by atoms with Crippen molar-refractivity contribution in [2.24, 2.45) is 5.73 Å². The minimum atomic E-state index is -0.940. The molecule has 0 fully saturated rings. The van der Waals surface area contributed by atoms with Crippen LogP contribution in [-0.2, 0) is 4.79 Å². The summed E-state index contributed by atoms with van der Waals surface area (Å²) in [7, 11) is 1.35. The number of halogens is 4. The largest absolute Gasteiger partial charge is 0.494 e. The predicted molar refractivity (Wildman–Crippen MR) is 142 cm³/mol. The van der Waals surface area contributed by atoms with Gasteiger partial charge in [0.2, 0.25) is 5.91 Å². The lowest BCUT2D eigenvalue weighted by atomic mass is 9.85. The van der Waals surface area contributed by atoms with Crippen molar-refractivity contribution in [1.29, 1.82) is 0 Å². The van der Waals surface area contributed by atoms with Gasteiger partial charge in [0.1, 0.15) is 11.6 Å². The van der Waals surface area contributed by atoms with Crippen LogP contribution in [0.3, 0.4) is 0 Å². The van der Waals surface area contributed by atoms with Gasteiger partial charge in [-0.15, -0.1) is 24.8 Å². The summed E-state index contributed by atoms with van der Waals surface area (Å²) < 4.78 is 34.4. The number of aromatic nitrogens is 1. The average molecular weight is 532 g/mol. The van der Waals surface area contributed by atoms with Crippen molar-refractivity contribution in [2.45, 2.75) is 12.0 Å². The van der Waals surface area contributed by atoms with Crippen molar-refractivity contribution in [3.05, 3.63) is 114 Å². The number of hydrogen-bond donors (Lipinski definition) is 2. The number of ether oxygens (including phenoxy) is 1. The molecule has 1 atom stereocenters. The van der Waals surface area contributed by atoms with Gasteiger partial charge in [0.05, 0.1) is 31.1 Å². The number of methoxy groups -OCH3 is 1. The zero-order valence-electron chi connectivity index (χ0n) is 19.2. The van der Waals surface area contributed by atoms with E-state index >= 15 is 0 Å². The van der Waals surface area contributed by atoms with E-state index in [1.807, 2.05) is 60.7 Å². The van der Waals surface area contributed by atoms with Crippen molar-refractivity contribution in [3.8, 4) is 16.9 Å². The molecule has 5 nitrogen and oxygen atoms in total. The smallest absolute Gasteiger partial charge is 0.242 e. The summed E-state index contributed by atoms with van der Waals surface area (Å²) >= 11 is 0. The van der Waals surface area contributed by atoms with E-state index in [1.165, 1.54) is 25.4 Å². The number of carbonyl (C=O) groups is 1. The fourth-order valence-corrected chi connectivity index (χ4v) is 3.93. The molecule has 36 heavy (non-hydrogen) atoms. The van der Waals surface area contributed by atoms with Crippen LogP contribution < -0.4 is 15.8 Å². The van der Waals surface area contributed by atoms with Crippen LogP contribution in [0.5, 0.6) is 5.75 Å². The lowest BCUT2D eigenvalue weighted by molar-refractivity contribution is -0.117. The first-order chi connectivity index (χ1) is 16.5. The molecule has 1 heterocycles. The van der Waals surface area contributed by atoms with Crippen molar-refractivity contribution >= 4 is 36.4 Å². The van der Waals surface area contributed by atoms with Gasteiger partial charge >= 0.3 is 0 Å². The van der Waals surface area contributed by atoms with Crippen LogP contribution in [0.2, 0.25) is 0 Å². The third kappa shape index (κ3) is 6.18. The lowest BCUT2D eigenvalue weighted by Crippen LogP contribution is -2.41. The van der Waals surface area contributed by atoms with Crippen molar-refractivity contribution in [2.75, 3.05) is 12.4 Å². The van der Waals surface area contributed by atoms with E-state index in [2.05, 4.69) is 10.3 Å². The van der Waals surface area contributed by atoms with Gasteiger partial charge in [-0.3, -0.25) is 9.78 Å². The Labute approximate surface area is 220 Å². The number of amides is 1. The normalized spacial score (nSPS) is 11.1. The molecule has 1 aromatic heterocycles. The molecule has 9 heteroatoms. The van der Waals surface area contributed by atoms with Crippen LogP contribution in [0, 0.1) is 11.6 Å². The van der Waals surface area contributed by atoms with Crippen LogP contribution in [0.25, 0.3) is 11.1 Å². The molecule has 0 radical (unpaired) electrons. The van der Waals surface area contributed by atoms with E-state index < -0.39 is 29.5 Å². The number of rotatable bonds is 7. The highest BCUT2D eigenvalue weighted by Crippen LogP contribution is 2.34. The van der Waals surface area contributed by atoms with Crippen LogP contribution in [-0.4, -0.2) is 24.0 Å². The summed E-state index contributed by atoms with van der Waals surface area (Å²) in [6.45, 7) is 0. The molecule has 4 aromatic rings. The maximum absolute atomic E-state index is 14.9. The molecular weight excluding hydrogens is 507 g/mol. The zero-order chi connectivity index (χ0) is 24.1. The Morgan fingerprint density at radius 2 is 1.47 bits per heavy atom. The standard InChI is InChI=1S/C27H23F2N3O2.2ClH/c1-34-23-16-31-15-22(29)25(23)20-13-12-19(14-21(20)28)32-27(33)26(30)24(17-8-4-2-5-9-17)18-10-6-3-7-11-18;;/h2-16,24,26H,30H2,1H3,(H,32,33);2*1H/t26-;;/m0../s1. The van der Waals surface area contributed by atoms with E-state index in [4.69, 9.17) is 10.5 Å². The van der Waals surface area contributed by atoms with Crippen molar-refractivity contribution < 1.29 is 18.3 Å². The molecule has 0 aliphatic carbocycles.